The van der Waals surface area contributed by atoms with Crippen LogP contribution in [0, 0.1) is 0 Å². The van der Waals surface area contributed by atoms with Crippen LogP contribution in [0.5, 0.6) is 0 Å². The molecule has 1 aromatic heterocycles. The second-order valence-electron chi connectivity index (χ2n) is 6.20. The summed E-state index contributed by atoms with van der Waals surface area (Å²) >= 11 is 0. The minimum Gasteiger partial charge on any atom is -0.360 e. The Morgan fingerprint density at radius 2 is 2.16 bits per heavy atom. The SMILES string of the molecule is C=CCN(Cc1cc(CNC(C)(C)C)no1)C(C)C. The molecular weight excluding hydrogens is 238 g/mol. The summed E-state index contributed by atoms with van der Waals surface area (Å²) in [7, 11) is 0. The van der Waals surface area contributed by atoms with E-state index in [0.717, 1.165) is 31.1 Å². The Labute approximate surface area is 116 Å². The fourth-order valence-electron chi connectivity index (χ4n) is 1.69. The van der Waals surface area contributed by atoms with Crippen LogP contribution in [-0.2, 0) is 13.1 Å². The van der Waals surface area contributed by atoms with Gasteiger partial charge in [0, 0.05) is 30.7 Å². The van der Waals surface area contributed by atoms with Gasteiger partial charge in [-0.1, -0.05) is 11.2 Å². The van der Waals surface area contributed by atoms with Crippen molar-refractivity contribution in [2.24, 2.45) is 0 Å². The zero-order valence-electron chi connectivity index (χ0n) is 12.9. The van der Waals surface area contributed by atoms with Crippen LogP contribution in [0.2, 0.25) is 0 Å². The third kappa shape index (κ3) is 6.03. The van der Waals surface area contributed by atoms with Crippen LogP contribution >= 0.6 is 0 Å². The topological polar surface area (TPSA) is 41.3 Å². The molecule has 1 aromatic rings. The van der Waals surface area contributed by atoms with Gasteiger partial charge in [0.25, 0.3) is 0 Å². The highest BCUT2D eigenvalue weighted by molar-refractivity contribution is 5.06. The lowest BCUT2D eigenvalue weighted by atomic mass is 10.1. The van der Waals surface area contributed by atoms with Gasteiger partial charge >= 0.3 is 0 Å². The molecule has 0 fully saturated rings. The summed E-state index contributed by atoms with van der Waals surface area (Å²) in [5.41, 5.74) is 1.04. The first kappa shape index (κ1) is 15.9. The molecule has 0 unspecified atom stereocenters. The summed E-state index contributed by atoms with van der Waals surface area (Å²) in [5, 5.41) is 7.50. The molecule has 0 aliphatic rings. The van der Waals surface area contributed by atoms with Crippen LogP contribution in [0.1, 0.15) is 46.1 Å². The molecule has 0 saturated carbocycles. The molecule has 0 radical (unpaired) electrons. The molecule has 0 bridgehead atoms. The lowest BCUT2D eigenvalue weighted by Gasteiger charge is -2.23. The first-order valence-electron chi connectivity index (χ1n) is 6.86. The molecule has 4 nitrogen and oxygen atoms in total. The molecule has 0 spiro atoms. The Hall–Kier alpha value is -1.13. The van der Waals surface area contributed by atoms with Gasteiger partial charge in [0.15, 0.2) is 5.76 Å². The maximum atomic E-state index is 5.39. The quantitative estimate of drug-likeness (QED) is 0.770. The zero-order chi connectivity index (χ0) is 14.5. The lowest BCUT2D eigenvalue weighted by Crippen LogP contribution is -2.35. The molecule has 0 aliphatic carbocycles. The summed E-state index contributed by atoms with van der Waals surface area (Å²) in [6.07, 6.45) is 1.92. The van der Waals surface area contributed by atoms with Gasteiger partial charge in [0.1, 0.15) is 0 Å². The van der Waals surface area contributed by atoms with Gasteiger partial charge < -0.3 is 9.84 Å². The third-order valence-electron chi connectivity index (χ3n) is 2.86. The Kier molecular flexibility index (Phi) is 5.76. The highest BCUT2D eigenvalue weighted by Gasteiger charge is 2.14. The van der Waals surface area contributed by atoms with E-state index in [9.17, 15) is 0 Å². The molecule has 19 heavy (non-hydrogen) atoms. The van der Waals surface area contributed by atoms with Crippen LogP contribution in [0.15, 0.2) is 23.2 Å². The number of hydrogen-bond acceptors (Lipinski definition) is 4. The Balaban J connectivity index is 2.56. The standard InChI is InChI=1S/C15H27N3O/c1-7-8-18(12(2)3)11-14-9-13(17-19-14)10-16-15(4,5)6/h7,9,12,16H,1,8,10-11H2,2-6H3. The number of nitrogens with zero attached hydrogens (tertiary/aromatic N) is 2. The van der Waals surface area contributed by atoms with E-state index in [-0.39, 0.29) is 5.54 Å². The monoisotopic (exact) mass is 265 g/mol. The van der Waals surface area contributed by atoms with Crippen molar-refractivity contribution < 1.29 is 4.52 Å². The second kappa shape index (κ2) is 6.87. The van der Waals surface area contributed by atoms with Crippen molar-refractivity contribution >= 4 is 0 Å². The van der Waals surface area contributed by atoms with Crippen LogP contribution in [-0.4, -0.2) is 28.2 Å². The lowest BCUT2D eigenvalue weighted by molar-refractivity contribution is 0.208. The van der Waals surface area contributed by atoms with Gasteiger partial charge in [-0.3, -0.25) is 4.90 Å². The molecule has 0 aliphatic heterocycles. The van der Waals surface area contributed by atoms with E-state index >= 15 is 0 Å². The fourth-order valence-corrected chi connectivity index (χ4v) is 1.69. The van der Waals surface area contributed by atoms with Crippen LogP contribution in [0.3, 0.4) is 0 Å². The van der Waals surface area contributed by atoms with Gasteiger partial charge in [-0.25, -0.2) is 0 Å². The molecule has 4 heteroatoms. The van der Waals surface area contributed by atoms with E-state index in [2.05, 4.69) is 56.6 Å². The van der Waals surface area contributed by atoms with E-state index in [4.69, 9.17) is 4.52 Å². The predicted molar refractivity (Wildman–Crippen MR) is 78.8 cm³/mol. The number of aromatic nitrogens is 1. The average molecular weight is 265 g/mol. The van der Waals surface area contributed by atoms with E-state index in [1.54, 1.807) is 0 Å². The van der Waals surface area contributed by atoms with Crippen molar-refractivity contribution in [2.45, 2.75) is 59.3 Å². The highest BCUT2D eigenvalue weighted by atomic mass is 16.5. The van der Waals surface area contributed by atoms with Crippen molar-refractivity contribution in [3.8, 4) is 0 Å². The van der Waals surface area contributed by atoms with Crippen molar-refractivity contribution in [1.82, 2.24) is 15.4 Å². The number of nitrogens with one attached hydrogen (secondary N) is 1. The Morgan fingerprint density at radius 3 is 2.68 bits per heavy atom. The van der Waals surface area contributed by atoms with Crippen LogP contribution in [0.4, 0.5) is 0 Å². The minimum atomic E-state index is 0.0892. The number of hydrogen-bond donors (Lipinski definition) is 1. The Morgan fingerprint density at radius 1 is 1.47 bits per heavy atom. The Bertz CT molecular complexity index is 390. The molecular formula is C15H27N3O. The second-order valence-corrected chi connectivity index (χ2v) is 6.20. The van der Waals surface area contributed by atoms with E-state index in [1.807, 2.05) is 12.1 Å². The molecule has 1 heterocycles. The van der Waals surface area contributed by atoms with Crippen molar-refractivity contribution in [1.29, 1.82) is 0 Å². The predicted octanol–water partition coefficient (Wildman–Crippen LogP) is 2.96. The van der Waals surface area contributed by atoms with E-state index < -0.39 is 0 Å². The van der Waals surface area contributed by atoms with Crippen molar-refractivity contribution in [3.63, 3.8) is 0 Å². The fraction of sp³-hybridized carbons (Fsp3) is 0.667. The first-order chi connectivity index (χ1) is 8.81. The number of rotatable bonds is 7. The normalized spacial score (nSPS) is 12.4. The van der Waals surface area contributed by atoms with Crippen molar-refractivity contribution in [3.05, 3.63) is 30.2 Å². The van der Waals surface area contributed by atoms with Crippen LogP contribution < -0.4 is 5.32 Å². The van der Waals surface area contributed by atoms with E-state index in [1.165, 1.54) is 0 Å². The molecule has 1 rings (SSSR count). The summed E-state index contributed by atoms with van der Waals surface area (Å²) < 4.78 is 5.39. The minimum absolute atomic E-state index is 0.0892. The van der Waals surface area contributed by atoms with Gasteiger partial charge in [0.05, 0.1) is 12.2 Å². The van der Waals surface area contributed by atoms with Gasteiger partial charge in [0.2, 0.25) is 0 Å². The molecule has 0 aromatic carbocycles. The van der Waals surface area contributed by atoms with Crippen LogP contribution in [0.25, 0.3) is 0 Å². The maximum absolute atomic E-state index is 5.39. The molecule has 0 atom stereocenters. The molecule has 0 amide bonds. The third-order valence-corrected chi connectivity index (χ3v) is 2.86. The largest absolute Gasteiger partial charge is 0.360 e. The average Bonchev–Trinajstić information content (AvgIpc) is 2.72. The highest BCUT2D eigenvalue weighted by Crippen LogP contribution is 2.11. The zero-order valence-corrected chi connectivity index (χ0v) is 12.9. The molecule has 1 N–H and O–H groups in total. The summed E-state index contributed by atoms with van der Waals surface area (Å²) in [5.74, 6) is 0.904. The van der Waals surface area contributed by atoms with E-state index in [0.29, 0.717) is 6.04 Å². The first-order valence-corrected chi connectivity index (χ1v) is 6.86. The van der Waals surface area contributed by atoms with Crippen molar-refractivity contribution in [2.75, 3.05) is 6.54 Å². The molecule has 108 valence electrons. The summed E-state index contributed by atoms with van der Waals surface area (Å²) in [6.45, 7) is 16.9. The van der Waals surface area contributed by atoms with Gasteiger partial charge in [-0.2, -0.15) is 0 Å². The summed E-state index contributed by atoms with van der Waals surface area (Å²) in [4.78, 5) is 2.29. The van der Waals surface area contributed by atoms with Gasteiger partial charge in [-0.15, -0.1) is 6.58 Å². The van der Waals surface area contributed by atoms with Gasteiger partial charge in [-0.05, 0) is 34.6 Å². The molecule has 0 saturated heterocycles. The maximum Gasteiger partial charge on any atom is 0.151 e. The smallest absolute Gasteiger partial charge is 0.151 e. The summed E-state index contributed by atoms with van der Waals surface area (Å²) in [6, 6.07) is 2.48.